The molecule has 1 aromatic rings. The summed E-state index contributed by atoms with van der Waals surface area (Å²) in [6, 6.07) is 8.26. The molecule has 0 spiro atoms. The van der Waals surface area contributed by atoms with E-state index in [9.17, 15) is 5.11 Å². The summed E-state index contributed by atoms with van der Waals surface area (Å²) >= 11 is 0. The average Bonchev–Trinajstić information content (AvgIpc) is 2.18. The lowest BCUT2D eigenvalue weighted by Gasteiger charge is -2.09. The molecule has 0 radical (unpaired) electrons. The Morgan fingerprint density at radius 3 is 2.93 bits per heavy atom. The number of terminal acetylenes is 1. The van der Waals surface area contributed by atoms with Crippen LogP contribution in [0.4, 0.5) is 0 Å². The van der Waals surface area contributed by atoms with E-state index in [1.54, 1.807) is 0 Å². The number of unbranched alkanes of at least 4 members (excludes halogenated alkanes) is 1. The van der Waals surface area contributed by atoms with E-state index in [0.29, 0.717) is 0 Å². The molecular weight excluding hydrogens is 184 g/mol. The predicted molar refractivity (Wildman–Crippen MR) is 63.6 cm³/mol. The fourth-order valence-corrected chi connectivity index (χ4v) is 1.65. The van der Waals surface area contributed by atoms with E-state index in [-0.39, 0.29) is 6.10 Å². The van der Waals surface area contributed by atoms with E-state index in [1.807, 2.05) is 6.07 Å². The number of hydrogen-bond donors (Lipinski definition) is 1. The van der Waals surface area contributed by atoms with Crippen LogP contribution in [0.2, 0.25) is 0 Å². The van der Waals surface area contributed by atoms with Gasteiger partial charge in [0.15, 0.2) is 0 Å². The molecule has 15 heavy (non-hydrogen) atoms. The summed E-state index contributed by atoms with van der Waals surface area (Å²) in [4.78, 5) is 0. The Morgan fingerprint density at radius 2 is 2.27 bits per heavy atom. The van der Waals surface area contributed by atoms with Gasteiger partial charge in [0.2, 0.25) is 0 Å². The van der Waals surface area contributed by atoms with Gasteiger partial charge < -0.3 is 5.11 Å². The molecule has 0 fully saturated rings. The summed E-state index contributed by atoms with van der Waals surface area (Å²) in [6.07, 6.45) is 8.07. The number of aliphatic hydroxyl groups excluding tert-OH is 1. The highest BCUT2D eigenvalue weighted by Gasteiger charge is 2.04. The number of benzene rings is 1. The van der Waals surface area contributed by atoms with Gasteiger partial charge in [-0.15, -0.1) is 12.3 Å². The van der Waals surface area contributed by atoms with Crippen molar-refractivity contribution in [1.29, 1.82) is 0 Å². The Bertz CT molecular complexity index is 335. The molecule has 1 N–H and O–H groups in total. The van der Waals surface area contributed by atoms with Gasteiger partial charge in [-0.05, 0) is 31.7 Å². The van der Waals surface area contributed by atoms with Gasteiger partial charge in [-0.25, -0.2) is 0 Å². The van der Waals surface area contributed by atoms with Crippen LogP contribution in [0.15, 0.2) is 24.3 Å². The summed E-state index contributed by atoms with van der Waals surface area (Å²) in [5.74, 6) is 2.58. The molecule has 0 aliphatic carbocycles. The van der Waals surface area contributed by atoms with Gasteiger partial charge in [0, 0.05) is 6.42 Å². The van der Waals surface area contributed by atoms with Gasteiger partial charge in [-0.1, -0.05) is 29.8 Å². The van der Waals surface area contributed by atoms with Gasteiger partial charge in [-0.2, -0.15) is 0 Å². The third-order valence-corrected chi connectivity index (χ3v) is 2.41. The summed E-state index contributed by atoms with van der Waals surface area (Å²) < 4.78 is 0. The van der Waals surface area contributed by atoms with E-state index in [2.05, 4.69) is 31.0 Å². The monoisotopic (exact) mass is 202 g/mol. The zero-order valence-corrected chi connectivity index (χ0v) is 9.24. The lowest BCUT2D eigenvalue weighted by Crippen LogP contribution is -2.10. The van der Waals surface area contributed by atoms with Crippen LogP contribution < -0.4 is 0 Å². The minimum Gasteiger partial charge on any atom is -0.393 e. The Balaban J connectivity index is 2.38. The van der Waals surface area contributed by atoms with E-state index in [0.717, 1.165) is 25.7 Å². The smallest absolute Gasteiger partial charge is 0.0580 e. The predicted octanol–water partition coefficient (Wildman–Crippen LogP) is 2.70. The van der Waals surface area contributed by atoms with Gasteiger partial charge in [-0.3, -0.25) is 0 Å². The Hall–Kier alpha value is -1.26. The summed E-state index contributed by atoms with van der Waals surface area (Å²) in [6.45, 7) is 2.06. The van der Waals surface area contributed by atoms with Crippen molar-refractivity contribution in [2.75, 3.05) is 0 Å². The molecule has 0 saturated heterocycles. The van der Waals surface area contributed by atoms with E-state index < -0.39 is 0 Å². The van der Waals surface area contributed by atoms with Gasteiger partial charge in [0.25, 0.3) is 0 Å². The van der Waals surface area contributed by atoms with E-state index in [4.69, 9.17) is 6.42 Å². The Morgan fingerprint density at radius 1 is 1.47 bits per heavy atom. The Labute approximate surface area is 92.1 Å². The van der Waals surface area contributed by atoms with E-state index >= 15 is 0 Å². The molecule has 1 unspecified atom stereocenters. The SMILES string of the molecule is C#CCCCC(O)Cc1cccc(C)c1. The third-order valence-electron chi connectivity index (χ3n) is 2.41. The molecule has 0 amide bonds. The molecule has 0 aromatic heterocycles. The molecule has 0 saturated carbocycles. The lowest BCUT2D eigenvalue weighted by atomic mass is 10.0. The largest absolute Gasteiger partial charge is 0.393 e. The second kappa shape index (κ2) is 6.27. The molecule has 1 nitrogen and oxygen atoms in total. The normalized spacial score (nSPS) is 12.1. The maximum absolute atomic E-state index is 9.75. The zero-order chi connectivity index (χ0) is 11.1. The molecule has 1 rings (SSSR count). The first-order chi connectivity index (χ1) is 7.22. The first-order valence-corrected chi connectivity index (χ1v) is 5.39. The standard InChI is InChI=1S/C14H18O/c1-3-4-5-9-14(15)11-13-8-6-7-12(2)10-13/h1,6-8,10,14-15H,4-5,9,11H2,2H3. The van der Waals surface area contributed by atoms with Gasteiger partial charge in [0.1, 0.15) is 0 Å². The fraction of sp³-hybridized carbons (Fsp3) is 0.429. The van der Waals surface area contributed by atoms with E-state index in [1.165, 1.54) is 11.1 Å². The number of aryl methyl sites for hydroxylation is 1. The van der Waals surface area contributed by atoms with Crippen LogP contribution in [-0.4, -0.2) is 11.2 Å². The Kier molecular flexibility index (Phi) is 4.93. The van der Waals surface area contributed by atoms with Crippen LogP contribution in [0.25, 0.3) is 0 Å². The molecule has 0 aliphatic heterocycles. The molecule has 0 bridgehead atoms. The molecular formula is C14H18O. The average molecular weight is 202 g/mol. The number of hydrogen-bond acceptors (Lipinski definition) is 1. The maximum Gasteiger partial charge on any atom is 0.0580 e. The van der Waals surface area contributed by atoms with Crippen molar-refractivity contribution < 1.29 is 5.11 Å². The first-order valence-electron chi connectivity index (χ1n) is 5.39. The summed E-state index contributed by atoms with van der Waals surface area (Å²) in [5, 5.41) is 9.75. The van der Waals surface area contributed by atoms with Crippen molar-refractivity contribution in [2.24, 2.45) is 0 Å². The zero-order valence-electron chi connectivity index (χ0n) is 9.24. The van der Waals surface area contributed by atoms with Crippen molar-refractivity contribution in [2.45, 2.75) is 38.7 Å². The van der Waals surface area contributed by atoms with Gasteiger partial charge in [0.05, 0.1) is 6.10 Å². The third kappa shape index (κ3) is 4.67. The van der Waals surface area contributed by atoms with Crippen LogP contribution in [-0.2, 0) is 6.42 Å². The van der Waals surface area contributed by atoms with Crippen LogP contribution in [0, 0.1) is 19.3 Å². The summed E-state index contributed by atoms with van der Waals surface area (Å²) in [7, 11) is 0. The molecule has 0 heterocycles. The highest BCUT2D eigenvalue weighted by Crippen LogP contribution is 2.10. The van der Waals surface area contributed by atoms with Crippen LogP contribution >= 0.6 is 0 Å². The second-order valence-electron chi connectivity index (χ2n) is 3.94. The highest BCUT2D eigenvalue weighted by atomic mass is 16.3. The molecule has 80 valence electrons. The molecule has 1 aromatic carbocycles. The first kappa shape index (κ1) is 11.8. The van der Waals surface area contributed by atoms with Crippen molar-refractivity contribution >= 4 is 0 Å². The second-order valence-corrected chi connectivity index (χ2v) is 3.94. The number of aliphatic hydroxyl groups is 1. The lowest BCUT2D eigenvalue weighted by molar-refractivity contribution is 0.162. The topological polar surface area (TPSA) is 20.2 Å². The van der Waals surface area contributed by atoms with Crippen molar-refractivity contribution in [3.8, 4) is 12.3 Å². The fourth-order valence-electron chi connectivity index (χ4n) is 1.65. The van der Waals surface area contributed by atoms with Crippen LogP contribution in [0.1, 0.15) is 30.4 Å². The minimum absolute atomic E-state index is 0.264. The minimum atomic E-state index is -0.264. The maximum atomic E-state index is 9.75. The molecule has 0 aliphatic rings. The highest BCUT2D eigenvalue weighted by molar-refractivity contribution is 5.22. The van der Waals surface area contributed by atoms with Crippen LogP contribution in [0.5, 0.6) is 0 Å². The number of rotatable bonds is 5. The quantitative estimate of drug-likeness (QED) is 0.575. The van der Waals surface area contributed by atoms with Gasteiger partial charge >= 0.3 is 0 Å². The summed E-state index contributed by atoms with van der Waals surface area (Å²) in [5.41, 5.74) is 2.44. The molecule has 1 heteroatoms. The van der Waals surface area contributed by atoms with Crippen LogP contribution in [0.3, 0.4) is 0 Å². The van der Waals surface area contributed by atoms with Crippen molar-refractivity contribution in [3.05, 3.63) is 35.4 Å². The molecule has 1 atom stereocenters. The van der Waals surface area contributed by atoms with Crippen molar-refractivity contribution in [3.63, 3.8) is 0 Å². The van der Waals surface area contributed by atoms with Crippen molar-refractivity contribution in [1.82, 2.24) is 0 Å².